The van der Waals surface area contributed by atoms with Gasteiger partial charge in [-0.05, 0) is 36.4 Å². The van der Waals surface area contributed by atoms with E-state index in [9.17, 15) is 4.39 Å². The Bertz CT molecular complexity index is 650. The number of hydrogen-bond donors (Lipinski definition) is 0. The summed E-state index contributed by atoms with van der Waals surface area (Å²) in [6.07, 6.45) is 3.32. The van der Waals surface area contributed by atoms with Crippen molar-refractivity contribution in [2.45, 2.75) is 0 Å². The van der Waals surface area contributed by atoms with Crippen LogP contribution in [0.25, 0.3) is 22.8 Å². The molecule has 0 spiro atoms. The van der Waals surface area contributed by atoms with E-state index < -0.39 is 0 Å². The Morgan fingerprint density at radius 2 is 1.83 bits per heavy atom. The summed E-state index contributed by atoms with van der Waals surface area (Å²) in [4.78, 5) is 8.22. The first-order valence-corrected chi connectivity index (χ1v) is 5.33. The molecule has 0 aliphatic heterocycles. The van der Waals surface area contributed by atoms with E-state index in [-0.39, 0.29) is 5.82 Å². The summed E-state index contributed by atoms with van der Waals surface area (Å²) in [6, 6.07) is 9.52. The van der Waals surface area contributed by atoms with Crippen molar-refractivity contribution in [3.63, 3.8) is 0 Å². The largest absolute Gasteiger partial charge is 0.334 e. The van der Waals surface area contributed by atoms with Gasteiger partial charge in [0.25, 0.3) is 5.89 Å². The first-order valence-electron chi connectivity index (χ1n) is 5.33. The van der Waals surface area contributed by atoms with Crippen LogP contribution in [0, 0.1) is 5.82 Å². The SMILES string of the molecule is Fc1ccc(-c2nc(-c3cccnc3)no2)cc1. The highest BCUT2D eigenvalue weighted by molar-refractivity contribution is 5.58. The third-order valence-electron chi connectivity index (χ3n) is 2.44. The predicted octanol–water partition coefficient (Wildman–Crippen LogP) is 2.94. The number of aromatic nitrogens is 3. The fraction of sp³-hybridized carbons (Fsp3) is 0. The second-order valence-corrected chi connectivity index (χ2v) is 3.67. The van der Waals surface area contributed by atoms with Crippen LogP contribution in [0.1, 0.15) is 0 Å². The molecular formula is C13H8FN3O. The Morgan fingerprint density at radius 1 is 1.00 bits per heavy atom. The molecule has 3 aromatic rings. The maximum atomic E-state index is 12.8. The van der Waals surface area contributed by atoms with E-state index in [1.54, 1.807) is 30.6 Å². The molecule has 18 heavy (non-hydrogen) atoms. The lowest BCUT2D eigenvalue weighted by Crippen LogP contribution is -1.82. The van der Waals surface area contributed by atoms with Crippen LogP contribution in [-0.4, -0.2) is 15.1 Å². The van der Waals surface area contributed by atoms with Crippen LogP contribution in [0.5, 0.6) is 0 Å². The van der Waals surface area contributed by atoms with Crippen LogP contribution in [0.4, 0.5) is 4.39 Å². The lowest BCUT2D eigenvalue weighted by atomic mass is 10.2. The Kier molecular flexibility index (Phi) is 2.57. The van der Waals surface area contributed by atoms with E-state index in [1.807, 2.05) is 6.07 Å². The third-order valence-corrected chi connectivity index (χ3v) is 2.44. The van der Waals surface area contributed by atoms with Crippen LogP contribution in [-0.2, 0) is 0 Å². The van der Waals surface area contributed by atoms with Gasteiger partial charge in [-0.2, -0.15) is 4.98 Å². The maximum absolute atomic E-state index is 12.8. The van der Waals surface area contributed by atoms with Crippen LogP contribution in [0.3, 0.4) is 0 Å². The van der Waals surface area contributed by atoms with Gasteiger partial charge in [-0.25, -0.2) is 4.39 Å². The van der Waals surface area contributed by atoms with Gasteiger partial charge in [0.15, 0.2) is 0 Å². The highest BCUT2D eigenvalue weighted by atomic mass is 19.1. The van der Waals surface area contributed by atoms with Crippen molar-refractivity contribution < 1.29 is 8.91 Å². The molecule has 0 amide bonds. The number of benzene rings is 1. The topological polar surface area (TPSA) is 51.8 Å². The predicted molar refractivity (Wildman–Crippen MR) is 62.9 cm³/mol. The summed E-state index contributed by atoms with van der Waals surface area (Å²) in [7, 11) is 0. The highest BCUT2D eigenvalue weighted by Gasteiger charge is 2.10. The molecule has 0 atom stereocenters. The molecule has 0 saturated heterocycles. The molecule has 2 aromatic heterocycles. The highest BCUT2D eigenvalue weighted by Crippen LogP contribution is 2.21. The monoisotopic (exact) mass is 241 g/mol. The van der Waals surface area contributed by atoms with E-state index in [1.165, 1.54) is 12.1 Å². The molecule has 5 heteroatoms. The first-order chi connectivity index (χ1) is 8.83. The van der Waals surface area contributed by atoms with E-state index in [4.69, 9.17) is 4.52 Å². The minimum atomic E-state index is -0.300. The van der Waals surface area contributed by atoms with Crippen LogP contribution in [0.2, 0.25) is 0 Å². The lowest BCUT2D eigenvalue weighted by Gasteiger charge is -1.92. The molecule has 0 bridgehead atoms. The normalized spacial score (nSPS) is 10.5. The van der Waals surface area contributed by atoms with Gasteiger partial charge in [0.05, 0.1) is 0 Å². The number of pyridine rings is 1. The molecule has 88 valence electrons. The summed E-state index contributed by atoms with van der Waals surface area (Å²) in [5.74, 6) is 0.516. The number of rotatable bonds is 2. The number of nitrogens with zero attached hydrogens (tertiary/aromatic N) is 3. The Labute approximate surface area is 102 Å². The number of halogens is 1. The van der Waals surface area contributed by atoms with Gasteiger partial charge in [-0.3, -0.25) is 4.98 Å². The van der Waals surface area contributed by atoms with Crippen LogP contribution >= 0.6 is 0 Å². The van der Waals surface area contributed by atoms with Gasteiger partial charge in [-0.1, -0.05) is 5.16 Å². The molecule has 0 aliphatic carbocycles. The van der Waals surface area contributed by atoms with Crippen LogP contribution in [0.15, 0.2) is 53.3 Å². The van der Waals surface area contributed by atoms with Gasteiger partial charge >= 0.3 is 0 Å². The fourth-order valence-corrected chi connectivity index (χ4v) is 1.55. The Morgan fingerprint density at radius 3 is 2.56 bits per heavy atom. The third kappa shape index (κ3) is 1.98. The molecular weight excluding hydrogens is 233 g/mol. The summed E-state index contributed by atoms with van der Waals surface area (Å²) in [5.41, 5.74) is 1.45. The van der Waals surface area contributed by atoms with E-state index in [0.717, 1.165) is 5.56 Å². The van der Waals surface area contributed by atoms with Gasteiger partial charge in [0.2, 0.25) is 5.82 Å². The van der Waals surface area contributed by atoms with Crippen LogP contribution < -0.4 is 0 Å². The van der Waals surface area contributed by atoms with Crippen molar-refractivity contribution in [1.82, 2.24) is 15.1 Å². The average Bonchev–Trinajstić information content (AvgIpc) is 2.90. The average molecular weight is 241 g/mol. The van der Waals surface area contributed by atoms with Crippen molar-refractivity contribution in [2.24, 2.45) is 0 Å². The summed E-state index contributed by atoms with van der Waals surface area (Å²) < 4.78 is 17.9. The van der Waals surface area contributed by atoms with E-state index in [0.29, 0.717) is 17.3 Å². The maximum Gasteiger partial charge on any atom is 0.258 e. The Balaban J connectivity index is 1.97. The fourth-order valence-electron chi connectivity index (χ4n) is 1.55. The molecule has 0 saturated carbocycles. The molecule has 0 fully saturated rings. The summed E-state index contributed by atoms with van der Waals surface area (Å²) >= 11 is 0. The van der Waals surface area contributed by atoms with Crippen molar-refractivity contribution in [3.8, 4) is 22.8 Å². The van der Waals surface area contributed by atoms with Gasteiger partial charge in [0, 0.05) is 23.5 Å². The molecule has 0 unspecified atom stereocenters. The minimum Gasteiger partial charge on any atom is -0.334 e. The lowest BCUT2D eigenvalue weighted by molar-refractivity contribution is 0.432. The summed E-state index contributed by atoms with van der Waals surface area (Å²) in [6.45, 7) is 0. The van der Waals surface area contributed by atoms with Gasteiger partial charge in [0.1, 0.15) is 5.82 Å². The molecule has 2 heterocycles. The standard InChI is InChI=1S/C13H8FN3O/c14-11-5-3-9(4-6-11)13-16-12(17-18-13)10-2-1-7-15-8-10/h1-8H. The van der Waals surface area contributed by atoms with Gasteiger partial charge < -0.3 is 4.52 Å². The van der Waals surface area contributed by atoms with Gasteiger partial charge in [-0.15, -0.1) is 0 Å². The molecule has 0 radical (unpaired) electrons. The second-order valence-electron chi connectivity index (χ2n) is 3.67. The van der Waals surface area contributed by atoms with E-state index in [2.05, 4.69) is 15.1 Å². The zero-order valence-corrected chi connectivity index (χ0v) is 9.25. The molecule has 4 nitrogen and oxygen atoms in total. The zero-order chi connectivity index (χ0) is 12.4. The summed E-state index contributed by atoms with van der Waals surface area (Å²) in [5, 5.41) is 3.87. The van der Waals surface area contributed by atoms with E-state index >= 15 is 0 Å². The molecule has 3 rings (SSSR count). The number of hydrogen-bond acceptors (Lipinski definition) is 4. The quantitative estimate of drug-likeness (QED) is 0.692. The molecule has 0 N–H and O–H groups in total. The second kappa shape index (κ2) is 4.37. The van der Waals surface area contributed by atoms with Crippen molar-refractivity contribution in [2.75, 3.05) is 0 Å². The van der Waals surface area contributed by atoms with Crippen molar-refractivity contribution in [1.29, 1.82) is 0 Å². The minimum absolute atomic E-state index is 0.300. The van der Waals surface area contributed by atoms with Crippen molar-refractivity contribution in [3.05, 3.63) is 54.6 Å². The smallest absolute Gasteiger partial charge is 0.258 e. The Hall–Kier alpha value is -2.56. The molecule has 1 aromatic carbocycles. The van der Waals surface area contributed by atoms with Crippen molar-refractivity contribution >= 4 is 0 Å². The molecule has 0 aliphatic rings. The zero-order valence-electron chi connectivity index (χ0n) is 9.25. The first kappa shape index (κ1) is 10.6.